The summed E-state index contributed by atoms with van der Waals surface area (Å²) in [6.07, 6.45) is 9.19. The normalized spacial score (nSPS) is 26.2. The molecule has 2 heteroatoms. The molecule has 0 aromatic heterocycles. The van der Waals surface area contributed by atoms with Crippen molar-refractivity contribution in [2.45, 2.75) is 26.1 Å². The maximum absolute atomic E-state index is 6.13. The molecule has 0 saturated carbocycles. The van der Waals surface area contributed by atoms with E-state index in [0.717, 1.165) is 12.2 Å². The second-order valence-corrected chi connectivity index (χ2v) is 4.33. The third kappa shape index (κ3) is 2.65. The van der Waals surface area contributed by atoms with Crippen LogP contribution in [0.3, 0.4) is 0 Å². The molecule has 0 amide bonds. The van der Waals surface area contributed by atoms with Crippen molar-refractivity contribution in [3.05, 3.63) is 54.6 Å². The van der Waals surface area contributed by atoms with Crippen molar-refractivity contribution in [1.82, 2.24) is 0 Å². The number of rotatable bonds is 5. The van der Waals surface area contributed by atoms with Crippen LogP contribution in [0.1, 0.15) is 20.3 Å². The Labute approximate surface area is 109 Å². The second-order valence-electron chi connectivity index (χ2n) is 4.33. The molecule has 1 aromatic rings. The standard InChI is InChI=1S/C16H20O2/c1-3-14-10-8-9-13-16(14,17-4-2)18-15-11-6-5-7-12-15/h5-14H,3-4H2,1-2H3. The zero-order chi connectivity index (χ0) is 12.8. The van der Waals surface area contributed by atoms with Gasteiger partial charge in [-0.25, -0.2) is 0 Å². The van der Waals surface area contributed by atoms with Crippen LogP contribution < -0.4 is 4.74 Å². The van der Waals surface area contributed by atoms with Gasteiger partial charge in [0.05, 0.1) is 0 Å². The fourth-order valence-electron chi connectivity index (χ4n) is 2.26. The van der Waals surface area contributed by atoms with Gasteiger partial charge in [-0.3, -0.25) is 0 Å². The summed E-state index contributed by atoms with van der Waals surface area (Å²) in [6.45, 7) is 4.77. The minimum absolute atomic E-state index is 0.239. The zero-order valence-electron chi connectivity index (χ0n) is 11.0. The summed E-state index contributed by atoms with van der Waals surface area (Å²) in [5.41, 5.74) is 0. The average molecular weight is 244 g/mol. The van der Waals surface area contributed by atoms with E-state index >= 15 is 0 Å². The van der Waals surface area contributed by atoms with E-state index < -0.39 is 5.79 Å². The summed E-state index contributed by atoms with van der Waals surface area (Å²) in [5.74, 6) is 0.409. The number of hydrogen-bond donors (Lipinski definition) is 0. The molecule has 2 unspecified atom stereocenters. The highest BCUT2D eigenvalue weighted by atomic mass is 16.7. The van der Waals surface area contributed by atoms with Crippen LogP contribution >= 0.6 is 0 Å². The van der Waals surface area contributed by atoms with E-state index in [-0.39, 0.29) is 5.92 Å². The van der Waals surface area contributed by atoms with Crippen molar-refractivity contribution in [3.8, 4) is 5.75 Å². The number of allylic oxidation sites excluding steroid dienone is 2. The first-order valence-electron chi connectivity index (χ1n) is 6.54. The highest BCUT2D eigenvalue weighted by molar-refractivity contribution is 5.26. The lowest BCUT2D eigenvalue weighted by molar-refractivity contribution is -0.170. The molecule has 0 radical (unpaired) electrons. The molecule has 1 aliphatic carbocycles. The lowest BCUT2D eigenvalue weighted by Crippen LogP contribution is -2.45. The van der Waals surface area contributed by atoms with Crippen LogP contribution in [-0.2, 0) is 4.74 Å². The van der Waals surface area contributed by atoms with Crippen LogP contribution in [0.15, 0.2) is 54.6 Å². The smallest absolute Gasteiger partial charge is 0.236 e. The van der Waals surface area contributed by atoms with Gasteiger partial charge in [-0.2, -0.15) is 0 Å². The van der Waals surface area contributed by atoms with Crippen molar-refractivity contribution < 1.29 is 9.47 Å². The third-order valence-corrected chi connectivity index (χ3v) is 3.13. The SMILES string of the molecule is CCOC1(Oc2ccccc2)C=CC=CC1CC. The van der Waals surface area contributed by atoms with Gasteiger partial charge in [0.2, 0.25) is 5.79 Å². The Morgan fingerprint density at radius 3 is 2.56 bits per heavy atom. The van der Waals surface area contributed by atoms with E-state index in [2.05, 4.69) is 19.1 Å². The number of benzene rings is 1. The summed E-state index contributed by atoms with van der Waals surface area (Å²) >= 11 is 0. The first-order chi connectivity index (χ1) is 8.80. The van der Waals surface area contributed by atoms with Gasteiger partial charge in [0, 0.05) is 12.5 Å². The topological polar surface area (TPSA) is 18.5 Å². The molecule has 0 N–H and O–H groups in total. The molecule has 2 nitrogen and oxygen atoms in total. The minimum Gasteiger partial charge on any atom is -0.458 e. The Bertz CT molecular complexity index is 422. The van der Waals surface area contributed by atoms with E-state index in [1.54, 1.807) is 0 Å². The van der Waals surface area contributed by atoms with Crippen LogP contribution in [-0.4, -0.2) is 12.4 Å². The first-order valence-corrected chi connectivity index (χ1v) is 6.54. The third-order valence-electron chi connectivity index (χ3n) is 3.13. The van der Waals surface area contributed by atoms with Crippen LogP contribution in [0, 0.1) is 5.92 Å². The van der Waals surface area contributed by atoms with E-state index in [9.17, 15) is 0 Å². The fraction of sp³-hybridized carbons (Fsp3) is 0.375. The molecule has 0 heterocycles. The Morgan fingerprint density at radius 2 is 1.89 bits per heavy atom. The van der Waals surface area contributed by atoms with E-state index in [1.165, 1.54) is 0 Å². The summed E-state index contributed by atoms with van der Waals surface area (Å²) in [7, 11) is 0. The van der Waals surface area contributed by atoms with Gasteiger partial charge in [0.25, 0.3) is 0 Å². The molecular formula is C16H20O2. The Balaban J connectivity index is 2.26. The molecule has 18 heavy (non-hydrogen) atoms. The lowest BCUT2D eigenvalue weighted by atomic mass is 9.91. The molecule has 2 rings (SSSR count). The average Bonchev–Trinajstić information content (AvgIpc) is 2.41. The molecule has 0 aliphatic heterocycles. The van der Waals surface area contributed by atoms with Crippen molar-refractivity contribution in [2.24, 2.45) is 5.92 Å². The number of hydrogen-bond acceptors (Lipinski definition) is 2. The molecule has 2 atom stereocenters. The Hall–Kier alpha value is -1.54. The molecule has 0 spiro atoms. The van der Waals surface area contributed by atoms with Crippen LogP contribution in [0.4, 0.5) is 0 Å². The highest BCUT2D eigenvalue weighted by Gasteiger charge is 2.38. The number of ether oxygens (including phenoxy) is 2. The summed E-state index contributed by atoms with van der Waals surface area (Å²) in [5, 5.41) is 0. The lowest BCUT2D eigenvalue weighted by Gasteiger charge is -2.37. The molecule has 1 aromatic carbocycles. The monoisotopic (exact) mass is 244 g/mol. The second kappa shape index (κ2) is 5.87. The van der Waals surface area contributed by atoms with Gasteiger partial charge >= 0.3 is 0 Å². The predicted molar refractivity (Wildman–Crippen MR) is 73.5 cm³/mol. The Morgan fingerprint density at radius 1 is 1.11 bits per heavy atom. The first kappa shape index (κ1) is 12.9. The van der Waals surface area contributed by atoms with Gasteiger partial charge < -0.3 is 9.47 Å². The Kier molecular flexibility index (Phi) is 4.21. The van der Waals surface area contributed by atoms with Crippen molar-refractivity contribution in [1.29, 1.82) is 0 Å². The van der Waals surface area contributed by atoms with Gasteiger partial charge in [-0.1, -0.05) is 43.4 Å². The van der Waals surface area contributed by atoms with Gasteiger partial charge in [0.1, 0.15) is 5.75 Å². The maximum Gasteiger partial charge on any atom is 0.236 e. The quantitative estimate of drug-likeness (QED) is 0.730. The van der Waals surface area contributed by atoms with E-state index in [1.807, 2.05) is 49.4 Å². The zero-order valence-corrected chi connectivity index (χ0v) is 11.0. The minimum atomic E-state index is -0.667. The summed E-state index contributed by atoms with van der Waals surface area (Å²) in [4.78, 5) is 0. The summed E-state index contributed by atoms with van der Waals surface area (Å²) < 4.78 is 12.0. The number of para-hydroxylation sites is 1. The highest BCUT2D eigenvalue weighted by Crippen LogP contribution is 2.33. The van der Waals surface area contributed by atoms with Crippen molar-refractivity contribution in [3.63, 3.8) is 0 Å². The molecular weight excluding hydrogens is 224 g/mol. The van der Waals surface area contributed by atoms with Gasteiger partial charge in [-0.15, -0.1) is 0 Å². The van der Waals surface area contributed by atoms with Crippen molar-refractivity contribution in [2.75, 3.05) is 6.61 Å². The maximum atomic E-state index is 6.13. The van der Waals surface area contributed by atoms with Crippen molar-refractivity contribution >= 4 is 0 Å². The van der Waals surface area contributed by atoms with Crippen LogP contribution in [0.2, 0.25) is 0 Å². The molecule has 96 valence electrons. The summed E-state index contributed by atoms with van der Waals surface area (Å²) in [6, 6.07) is 9.84. The van der Waals surface area contributed by atoms with E-state index in [4.69, 9.17) is 9.47 Å². The predicted octanol–water partition coefficient (Wildman–Crippen LogP) is 3.95. The van der Waals surface area contributed by atoms with Crippen LogP contribution in [0.5, 0.6) is 5.75 Å². The van der Waals surface area contributed by atoms with Crippen LogP contribution in [0.25, 0.3) is 0 Å². The molecule has 0 saturated heterocycles. The molecule has 1 aliphatic rings. The molecule has 0 fully saturated rings. The van der Waals surface area contributed by atoms with E-state index in [0.29, 0.717) is 6.61 Å². The van der Waals surface area contributed by atoms with Gasteiger partial charge in [-0.05, 0) is 31.6 Å². The van der Waals surface area contributed by atoms with Gasteiger partial charge in [0.15, 0.2) is 0 Å². The largest absolute Gasteiger partial charge is 0.458 e. The molecule has 0 bridgehead atoms. The fourth-order valence-corrected chi connectivity index (χ4v) is 2.26.